The number of nitrogens with zero attached hydrogens (tertiary/aromatic N) is 4. The predicted molar refractivity (Wildman–Crippen MR) is 75.0 cm³/mol. The second kappa shape index (κ2) is 5.01. The van der Waals surface area contributed by atoms with E-state index in [2.05, 4.69) is 43.8 Å². The quantitative estimate of drug-likeness (QED) is 0.907. The lowest BCUT2D eigenvalue weighted by molar-refractivity contribution is 0.555. The summed E-state index contributed by atoms with van der Waals surface area (Å²) in [6, 6.07) is 4.58. The van der Waals surface area contributed by atoms with Gasteiger partial charge in [-0.3, -0.25) is 0 Å². The molecular formula is C14H19N5. The zero-order chi connectivity index (χ0) is 13.2. The van der Waals surface area contributed by atoms with Gasteiger partial charge in [0.1, 0.15) is 11.6 Å². The van der Waals surface area contributed by atoms with Gasteiger partial charge in [-0.25, -0.2) is 9.97 Å². The summed E-state index contributed by atoms with van der Waals surface area (Å²) in [6.45, 7) is 4.93. The fourth-order valence-electron chi connectivity index (χ4n) is 2.38. The first-order valence-electron chi connectivity index (χ1n) is 6.66. The zero-order valence-electron chi connectivity index (χ0n) is 11.4. The molecule has 19 heavy (non-hydrogen) atoms. The molecule has 100 valence electrons. The molecule has 1 aliphatic heterocycles. The van der Waals surface area contributed by atoms with E-state index in [0.717, 1.165) is 31.3 Å². The lowest BCUT2D eigenvalue weighted by Crippen LogP contribution is -2.34. The summed E-state index contributed by atoms with van der Waals surface area (Å²) in [7, 11) is 1.96. The maximum Gasteiger partial charge on any atom is 0.128 e. The van der Waals surface area contributed by atoms with Crippen molar-refractivity contribution in [1.29, 1.82) is 0 Å². The van der Waals surface area contributed by atoms with Gasteiger partial charge in [0, 0.05) is 37.7 Å². The van der Waals surface area contributed by atoms with Gasteiger partial charge in [0.15, 0.2) is 0 Å². The van der Waals surface area contributed by atoms with Crippen LogP contribution in [0.2, 0.25) is 0 Å². The predicted octanol–water partition coefficient (Wildman–Crippen LogP) is 1.58. The monoisotopic (exact) mass is 257 g/mol. The number of pyridine rings is 1. The van der Waals surface area contributed by atoms with Crippen LogP contribution < -0.4 is 10.2 Å². The summed E-state index contributed by atoms with van der Waals surface area (Å²) in [4.78, 5) is 11.2. The van der Waals surface area contributed by atoms with Gasteiger partial charge < -0.3 is 14.8 Å². The Hall–Kier alpha value is -1.88. The molecule has 0 saturated heterocycles. The van der Waals surface area contributed by atoms with Gasteiger partial charge in [-0.05, 0) is 25.6 Å². The minimum absolute atomic E-state index is 0.335. The lowest BCUT2D eigenvalue weighted by atomic mass is 10.1. The Morgan fingerprint density at radius 2 is 2.16 bits per heavy atom. The molecule has 1 atom stereocenters. The topological polar surface area (TPSA) is 46.0 Å². The molecule has 0 spiro atoms. The highest BCUT2D eigenvalue weighted by Crippen LogP contribution is 2.19. The lowest BCUT2D eigenvalue weighted by Gasteiger charge is -2.28. The normalized spacial score (nSPS) is 16.2. The van der Waals surface area contributed by atoms with E-state index in [1.807, 2.05) is 25.6 Å². The van der Waals surface area contributed by atoms with Crippen molar-refractivity contribution in [3.63, 3.8) is 0 Å². The summed E-state index contributed by atoms with van der Waals surface area (Å²) in [5.41, 5.74) is 1.21. The Morgan fingerprint density at radius 1 is 1.26 bits per heavy atom. The van der Waals surface area contributed by atoms with Crippen molar-refractivity contribution < 1.29 is 0 Å². The molecule has 2 aromatic heterocycles. The minimum Gasteiger partial charge on any atom is -0.347 e. The molecule has 0 bridgehead atoms. The molecule has 0 aromatic carbocycles. The van der Waals surface area contributed by atoms with E-state index in [0.29, 0.717) is 6.04 Å². The number of imidazole rings is 1. The molecule has 0 aliphatic carbocycles. The van der Waals surface area contributed by atoms with Crippen molar-refractivity contribution in [1.82, 2.24) is 19.9 Å². The number of aromatic nitrogens is 3. The van der Waals surface area contributed by atoms with Crippen LogP contribution in [0.4, 0.5) is 5.82 Å². The number of rotatable bonds is 3. The molecule has 0 amide bonds. The third-order valence-electron chi connectivity index (χ3n) is 3.77. The summed E-state index contributed by atoms with van der Waals surface area (Å²) in [5, 5.41) is 3.22. The number of anilines is 1. The fourth-order valence-corrected chi connectivity index (χ4v) is 2.38. The van der Waals surface area contributed by atoms with Crippen LogP contribution in [0.3, 0.4) is 0 Å². The summed E-state index contributed by atoms with van der Waals surface area (Å²) in [6.07, 6.45) is 5.86. The fraction of sp³-hybridized carbons (Fsp3) is 0.429. The standard InChI is InChI=1S/C14H19N5/c1-11(15-2)12-3-4-13(17-9-12)19-8-7-18-6-5-16-14(18)10-19/h3-6,9,11,15H,7-8,10H2,1-2H3. The molecule has 5 nitrogen and oxygen atoms in total. The van der Waals surface area contributed by atoms with E-state index in [1.165, 1.54) is 5.56 Å². The van der Waals surface area contributed by atoms with Gasteiger partial charge >= 0.3 is 0 Å². The Bertz CT molecular complexity index is 545. The van der Waals surface area contributed by atoms with Gasteiger partial charge in [0.25, 0.3) is 0 Å². The average Bonchev–Trinajstić information content (AvgIpc) is 2.94. The van der Waals surface area contributed by atoms with Crippen LogP contribution in [0.5, 0.6) is 0 Å². The van der Waals surface area contributed by atoms with Crippen molar-refractivity contribution in [2.24, 2.45) is 0 Å². The molecule has 1 unspecified atom stereocenters. The highest BCUT2D eigenvalue weighted by Gasteiger charge is 2.17. The third kappa shape index (κ3) is 2.33. The van der Waals surface area contributed by atoms with E-state index in [-0.39, 0.29) is 0 Å². The SMILES string of the molecule is CNC(C)c1ccc(N2CCn3ccnc3C2)nc1. The molecule has 0 radical (unpaired) electrons. The van der Waals surface area contributed by atoms with Crippen molar-refractivity contribution in [3.05, 3.63) is 42.1 Å². The maximum atomic E-state index is 4.58. The molecule has 3 heterocycles. The maximum absolute atomic E-state index is 4.58. The van der Waals surface area contributed by atoms with Crippen LogP contribution in [-0.2, 0) is 13.1 Å². The first kappa shape index (κ1) is 12.2. The van der Waals surface area contributed by atoms with Crippen molar-refractivity contribution >= 4 is 5.82 Å². The second-order valence-electron chi connectivity index (χ2n) is 4.92. The summed E-state index contributed by atoms with van der Waals surface area (Å²) < 4.78 is 2.20. The Morgan fingerprint density at radius 3 is 2.89 bits per heavy atom. The van der Waals surface area contributed by atoms with Crippen LogP contribution in [0, 0.1) is 0 Å². The van der Waals surface area contributed by atoms with E-state index in [1.54, 1.807) is 0 Å². The second-order valence-corrected chi connectivity index (χ2v) is 4.92. The van der Waals surface area contributed by atoms with Gasteiger partial charge in [-0.15, -0.1) is 0 Å². The number of hydrogen-bond acceptors (Lipinski definition) is 4. The molecule has 2 aromatic rings. The van der Waals surface area contributed by atoms with E-state index in [9.17, 15) is 0 Å². The molecule has 1 aliphatic rings. The number of fused-ring (bicyclic) bond motifs is 1. The van der Waals surface area contributed by atoms with E-state index < -0.39 is 0 Å². The highest BCUT2D eigenvalue weighted by atomic mass is 15.3. The Kier molecular flexibility index (Phi) is 3.21. The largest absolute Gasteiger partial charge is 0.347 e. The van der Waals surface area contributed by atoms with Gasteiger partial charge in [-0.1, -0.05) is 6.07 Å². The van der Waals surface area contributed by atoms with Crippen LogP contribution in [0.15, 0.2) is 30.7 Å². The Labute approximate surface area is 113 Å². The van der Waals surface area contributed by atoms with E-state index >= 15 is 0 Å². The van der Waals surface area contributed by atoms with Crippen LogP contribution in [-0.4, -0.2) is 28.1 Å². The molecule has 3 rings (SSSR count). The number of nitrogens with one attached hydrogen (secondary N) is 1. The summed E-state index contributed by atoms with van der Waals surface area (Å²) in [5.74, 6) is 2.14. The van der Waals surface area contributed by atoms with Crippen molar-refractivity contribution in [2.45, 2.75) is 26.1 Å². The molecule has 0 saturated carbocycles. The first-order valence-corrected chi connectivity index (χ1v) is 6.66. The third-order valence-corrected chi connectivity index (χ3v) is 3.77. The van der Waals surface area contributed by atoms with Gasteiger partial charge in [0.2, 0.25) is 0 Å². The highest BCUT2D eigenvalue weighted by molar-refractivity contribution is 5.40. The van der Waals surface area contributed by atoms with Gasteiger partial charge in [0.05, 0.1) is 6.54 Å². The van der Waals surface area contributed by atoms with Gasteiger partial charge in [-0.2, -0.15) is 0 Å². The average molecular weight is 257 g/mol. The molecule has 1 N–H and O–H groups in total. The van der Waals surface area contributed by atoms with Crippen molar-refractivity contribution in [3.8, 4) is 0 Å². The first-order chi connectivity index (χ1) is 9.28. The van der Waals surface area contributed by atoms with E-state index in [4.69, 9.17) is 0 Å². The Balaban J connectivity index is 1.77. The summed E-state index contributed by atoms with van der Waals surface area (Å²) >= 11 is 0. The molecular weight excluding hydrogens is 238 g/mol. The smallest absolute Gasteiger partial charge is 0.128 e. The molecule has 5 heteroatoms. The number of hydrogen-bond donors (Lipinski definition) is 1. The van der Waals surface area contributed by atoms with Crippen molar-refractivity contribution in [2.75, 3.05) is 18.5 Å². The van der Waals surface area contributed by atoms with Crippen LogP contribution in [0.25, 0.3) is 0 Å². The van der Waals surface area contributed by atoms with Crippen LogP contribution >= 0.6 is 0 Å². The minimum atomic E-state index is 0.335. The zero-order valence-corrected chi connectivity index (χ0v) is 11.4. The van der Waals surface area contributed by atoms with Crippen LogP contribution in [0.1, 0.15) is 24.4 Å². The molecule has 0 fully saturated rings.